The number of aliphatic hydroxyl groups is 2. The number of carbonyl (C=O) groups is 1. The number of thiophene rings is 1. The molecule has 0 saturated carbocycles. The SMILES string of the molecule is Cc1ccc(-c2ccc(NC(/C(=C/O)C(=O)CC(C)C)C3C=CC=CC3OCCO)cc2)s1. The van der Waals surface area contributed by atoms with Gasteiger partial charge in [0.05, 0.1) is 37.2 Å². The van der Waals surface area contributed by atoms with Gasteiger partial charge in [-0.25, -0.2) is 0 Å². The number of aryl methyl sites for hydroxylation is 1. The summed E-state index contributed by atoms with van der Waals surface area (Å²) in [6.07, 6.45) is 8.65. The topological polar surface area (TPSA) is 78.8 Å². The Balaban J connectivity index is 1.90. The smallest absolute Gasteiger partial charge is 0.164 e. The Morgan fingerprint density at radius 2 is 1.88 bits per heavy atom. The van der Waals surface area contributed by atoms with Crippen LogP contribution in [0.3, 0.4) is 0 Å². The molecule has 33 heavy (non-hydrogen) atoms. The number of hydrogen-bond donors (Lipinski definition) is 3. The number of Topliss-reactive ketones (excluding diaryl/α,β-unsaturated/α-hetero) is 1. The van der Waals surface area contributed by atoms with Crippen LogP contribution < -0.4 is 5.32 Å². The summed E-state index contributed by atoms with van der Waals surface area (Å²) >= 11 is 1.75. The van der Waals surface area contributed by atoms with E-state index in [0.29, 0.717) is 12.0 Å². The molecule has 5 nitrogen and oxygen atoms in total. The summed E-state index contributed by atoms with van der Waals surface area (Å²) in [5.41, 5.74) is 2.30. The molecule has 1 aliphatic rings. The Labute approximate surface area is 200 Å². The van der Waals surface area contributed by atoms with Crippen LogP contribution in [-0.2, 0) is 9.53 Å². The molecule has 0 radical (unpaired) electrons. The lowest BCUT2D eigenvalue weighted by molar-refractivity contribution is -0.116. The van der Waals surface area contributed by atoms with Crippen molar-refractivity contribution in [2.45, 2.75) is 39.3 Å². The molecule has 3 rings (SSSR count). The van der Waals surface area contributed by atoms with Crippen molar-refractivity contribution < 1.29 is 19.7 Å². The molecular weight excluding hydrogens is 434 g/mol. The van der Waals surface area contributed by atoms with Crippen molar-refractivity contribution >= 4 is 22.8 Å². The molecule has 1 aromatic carbocycles. The average Bonchev–Trinajstić information content (AvgIpc) is 3.24. The molecule has 0 bridgehead atoms. The van der Waals surface area contributed by atoms with E-state index in [-0.39, 0.29) is 36.9 Å². The fourth-order valence-electron chi connectivity index (χ4n) is 3.96. The van der Waals surface area contributed by atoms with E-state index in [1.165, 1.54) is 9.75 Å². The molecule has 176 valence electrons. The normalized spacial score (nSPS) is 19.1. The number of ether oxygens (including phenoxy) is 1. The maximum Gasteiger partial charge on any atom is 0.164 e. The Morgan fingerprint density at radius 3 is 2.48 bits per heavy atom. The number of allylic oxidation sites excluding steroid dienone is 2. The highest BCUT2D eigenvalue weighted by Crippen LogP contribution is 2.31. The van der Waals surface area contributed by atoms with Gasteiger partial charge in [-0.2, -0.15) is 0 Å². The van der Waals surface area contributed by atoms with Gasteiger partial charge in [0.1, 0.15) is 0 Å². The Bertz CT molecular complexity index is 1000. The molecule has 3 atom stereocenters. The fraction of sp³-hybridized carbons (Fsp3) is 0.370. The zero-order chi connectivity index (χ0) is 23.8. The Morgan fingerprint density at radius 1 is 1.15 bits per heavy atom. The summed E-state index contributed by atoms with van der Waals surface area (Å²) in [5.74, 6) is -0.167. The first-order valence-corrected chi connectivity index (χ1v) is 12.1. The molecule has 0 amide bonds. The van der Waals surface area contributed by atoms with Crippen LogP contribution >= 0.6 is 11.3 Å². The lowest BCUT2D eigenvalue weighted by Gasteiger charge is -2.33. The fourth-order valence-corrected chi connectivity index (χ4v) is 4.83. The molecule has 0 saturated heterocycles. The minimum absolute atomic E-state index is 0.0858. The van der Waals surface area contributed by atoms with E-state index >= 15 is 0 Å². The summed E-state index contributed by atoms with van der Waals surface area (Å²) in [7, 11) is 0. The number of carbonyl (C=O) groups excluding carboxylic acids is 1. The van der Waals surface area contributed by atoms with Gasteiger partial charge >= 0.3 is 0 Å². The molecule has 1 aliphatic carbocycles. The van der Waals surface area contributed by atoms with Gasteiger partial charge in [0.2, 0.25) is 0 Å². The molecule has 3 N–H and O–H groups in total. The van der Waals surface area contributed by atoms with Crippen LogP contribution in [0.2, 0.25) is 0 Å². The van der Waals surface area contributed by atoms with Gasteiger partial charge in [-0.1, -0.05) is 50.3 Å². The number of nitrogens with one attached hydrogen (secondary N) is 1. The second kappa shape index (κ2) is 12.0. The van der Waals surface area contributed by atoms with E-state index in [9.17, 15) is 15.0 Å². The lowest BCUT2D eigenvalue weighted by Crippen LogP contribution is -2.41. The minimum Gasteiger partial charge on any atom is -0.515 e. The summed E-state index contributed by atoms with van der Waals surface area (Å²) in [4.78, 5) is 15.5. The third kappa shape index (κ3) is 6.67. The number of ketones is 1. The zero-order valence-electron chi connectivity index (χ0n) is 19.4. The van der Waals surface area contributed by atoms with Crippen LogP contribution in [0.5, 0.6) is 0 Å². The monoisotopic (exact) mass is 467 g/mol. The first kappa shape index (κ1) is 25.0. The van der Waals surface area contributed by atoms with Crippen LogP contribution in [0.25, 0.3) is 10.4 Å². The molecular formula is C27H33NO4S. The predicted octanol–water partition coefficient (Wildman–Crippen LogP) is 5.68. The van der Waals surface area contributed by atoms with E-state index in [0.717, 1.165) is 17.5 Å². The molecule has 6 heteroatoms. The number of aliphatic hydroxyl groups excluding tert-OH is 2. The van der Waals surface area contributed by atoms with Gasteiger partial charge in [-0.15, -0.1) is 11.3 Å². The molecule has 1 aromatic heterocycles. The van der Waals surface area contributed by atoms with Crippen molar-refractivity contribution in [3.05, 3.63) is 77.4 Å². The maximum absolute atomic E-state index is 13.0. The van der Waals surface area contributed by atoms with Gasteiger partial charge in [-0.05, 0) is 42.7 Å². The summed E-state index contributed by atoms with van der Waals surface area (Å²) in [5, 5.41) is 22.8. The first-order valence-electron chi connectivity index (χ1n) is 11.3. The first-order chi connectivity index (χ1) is 15.9. The van der Waals surface area contributed by atoms with Gasteiger partial charge < -0.3 is 20.3 Å². The molecule has 2 aromatic rings. The second-order valence-corrected chi connectivity index (χ2v) is 9.91. The molecule has 0 aliphatic heterocycles. The van der Waals surface area contributed by atoms with Crippen molar-refractivity contribution in [2.24, 2.45) is 11.8 Å². The van der Waals surface area contributed by atoms with Crippen molar-refractivity contribution in [3.63, 3.8) is 0 Å². The molecule has 0 spiro atoms. The van der Waals surface area contributed by atoms with E-state index in [1.54, 1.807) is 11.3 Å². The summed E-state index contributed by atoms with van der Waals surface area (Å²) in [6.45, 7) is 6.16. The standard InChI is InChI=1S/C27H33NO4S/c1-18(2)16-24(31)23(17-30)27(22-6-4-5-7-25(22)32-15-14-29)28-21-11-9-20(10-12-21)26-13-8-19(3)33-26/h4-13,17-18,22,25,27-30H,14-16H2,1-3H3/b23-17+. The Kier molecular flexibility index (Phi) is 9.06. The van der Waals surface area contributed by atoms with Crippen LogP contribution in [0.15, 0.2) is 72.5 Å². The van der Waals surface area contributed by atoms with Crippen molar-refractivity contribution in [3.8, 4) is 10.4 Å². The predicted molar refractivity (Wildman–Crippen MR) is 136 cm³/mol. The van der Waals surface area contributed by atoms with Crippen LogP contribution in [0.1, 0.15) is 25.1 Å². The van der Waals surface area contributed by atoms with E-state index < -0.39 is 6.04 Å². The average molecular weight is 468 g/mol. The molecule has 0 fully saturated rings. The highest BCUT2D eigenvalue weighted by molar-refractivity contribution is 7.15. The van der Waals surface area contributed by atoms with Crippen LogP contribution in [0.4, 0.5) is 5.69 Å². The Hall–Kier alpha value is -2.67. The van der Waals surface area contributed by atoms with Crippen molar-refractivity contribution in [2.75, 3.05) is 18.5 Å². The lowest BCUT2D eigenvalue weighted by atomic mass is 9.83. The van der Waals surface area contributed by atoms with E-state index in [2.05, 4.69) is 36.5 Å². The van der Waals surface area contributed by atoms with Crippen molar-refractivity contribution in [1.82, 2.24) is 0 Å². The van der Waals surface area contributed by atoms with Gasteiger partial charge in [0, 0.05) is 27.8 Å². The van der Waals surface area contributed by atoms with E-state index in [1.807, 2.05) is 50.3 Å². The van der Waals surface area contributed by atoms with Crippen LogP contribution in [-0.4, -0.2) is 41.4 Å². The zero-order valence-corrected chi connectivity index (χ0v) is 20.2. The minimum atomic E-state index is -0.499. The maximum atomic E-state index is 13.0. The van der Waals surface area contributed by atoms with Gasteiger partial charge in [0.15, 0.2) is 5.78 Å². The highest BCUT2D eigenvalue weighted by Gasteiger charge is 2.34. The number of hydrogen-bond acceptors (Lipinski definition) is 6. The number of rotatable bonds is 11. The van der Waals surface area contributed by atoms with Crippen molar-refractivity contribution in [1.29, 1.82) is 0 Å². The number of anilines is 1. The number of benzene rings is 1. The second-order valence-electron chi connectivity index (χ2n) is 8.62. The van der Waals surface area contributed by atoms with Gasteiger partial charge in [-0.3, -0.25) is 4.79 Å². The van der Waals surface area contributed by atoms with E-state index in [4.69, 9.17) is 4.74 Å². The third-order valence-electron chi connectivity index (χ3n) is 5.53. The quantitative estimate of drug-likeness (QED) is 0.293. The summed E-state index contributed by atoms with van der Waals surface area (Å²) in [6, 6.07) is 11.8. The molecule has 3 unspecified atom stereocenters. The van der Waals surface area contributed by atoms with Gasteiger partial charge in [0.25, 0.3) is 0 Å². The largest absolute Gasteiger partial charge is 0.515 e. The summed E-state index contributed by atoms with van der Waals surface area (Å²) < 4.78 is 5.85. The molecule has 1 heterocycles. The third-order valence-corrected chi connectivity index (χ3v) is 6.58. The van der Waals surface area contributed by atoms with Crippen LogP contribution in [0, 0.1) is 18.8 Å². The highest BCUT2D eigenvalue weighted by atomic mass is 32.1.